The van der Waals surface area contributed by atoms with Crippen LogP contribution >= 0.6 is 0 Å². The van der Waals surface area contributed by atoms with Gasteiger partial charge in [0.05, 0.1) is 13.4 Å². The number of hydrogen-bond acceptors (Lipinski definition) is 6. The van der Waals surface area contributed by atoms with E-state index in [2.05, 4.69) is 9.97 Å². The molecular weight excluding hydrogens is 238 g/mol. The molecule has 0 saturated carbocycles. The first kappa shape index (κ1) is 11.8. The minimum atomic E-state index is -0.493. The average Bonchev–Trinajstić information content (AvgIpc) is 2.34. The number of aromatic nitrogens is 2. The summed E-state index contributed by atoms with van der Waals surface area (Å²) in [7, 11) is 1.46. The average molecular weight is 249 g/mol. The number of ether oxygens (including phenoxy) is 2. The summed E-state index contributed by atoms with van der Waals surface area (Å²) in [5.74, 6) is 0.601. The number of nitrogens with two attached hydrogens (primary N) is 1. The van der Waals surface area contributed by atoms with Crippen LogP contribution in [-0.2, 0) is 0 Å². The first-order valence-electron chi connectivity index (χ1n) is 4.99. The number of aromatic hydroxyl groups is 1. The van der Waals surface area contributed by atoms with E-state index in [1.54, 1.807) is 0 Å². The highest BCUT2D eigenvalue weighted by molar-refractivity contribution is 5.49. The largest absolute Gasteiger partial charge is 0.508 e. The van der Waals surface area contributed by atoms with Crippen LogP contribution in [-0.4, -0.2) is 22.2 Å². The second-order valence-corrected chi connectivity index (χ2v) is 3.42. The Bertz CT molecular complexity index is 624. The van der Waals surface area contributed by atoms with Crippen LogP contribution in [0.25, 0.3) is 0 Å². The second kappa shape index (κ2) is 4.66. The monoisotopic (exact) mass is 249 g/mol. The van der Waals surface area contributed by atoms with Gasteiger partial charge < -0.3 is 25.3 Å². The van der Waals surface area contributed by atoms with Crippen LogP contribution in [0.2, 0.25) is 0 Å². The molecule has 0 saturated heterocycles. The van der Waals surface area contributed by atoms with Crippen LogP contribution in [0, 0.1) is 0 Å². The van der Waals surface area contributed by atoms with Gasteiger partial charge in [-0.05, 0) is 0 Å². The number of anilines is 1. The Balaban J connectivity index is 2.37. The molecule has 0 radical (unpaired) electrons. The van der Waals surface area contributed by atoms with Crippen LogP contribution in [0.5, 0.6) is 23.1 Å². The minimum absolute atomic E-state index is 0.0345. The lowest BCUT2D eigenvalue weighted by Crippen LogP contribution is -2.13. The van der Waals surface area contributed by atoms with Crippen LogP contribution in [0.15, 0.2) is 29.3 Å². The third-order valence-corrected chi connectivity index (χ3v) is 2.17. The molecule has 7 heteroatoms. The van der Waals surface area contributed by atoms with Gasteiger partial charge in [-0.3, -0.25) is 4.79 Å². The van der Waals surface area contributed by atoms with Crippen molar-refractivity contribution in [2.24, 2.45) is 0 Å². The maximum atomic E-state index is 11.2. The quantitative estimate of drug-likeness (QED) is 0.744. The highest BCUT2D eigenvalue weighted by Gasteiger charge is 2.09. The Morgan fingerprint density at radius 3 is 2.78 bits per heavy atom. The molecule has 0 aliphatic heterocycles. The fourth-order valence-corrected chi connectivity index (χ4v) is 1.32. The molecule has 0 aliphatic rings. The van der Waals surface area contributed by atoms with E-state index in [9.17, 15) is 9.90 Å². The van der Waals surface area contributed by atoms with E-state index in [1.807, 2.05) is 0 Å². The summed E-state index contributed by atoms with van der Waals surface area (Å²) < 4.78 is 10.3. The Kier molecular flexibility index (Phi) is 3.05. The van der Waals surface area contributed by atoms with E-state index in [0.29, 0.717) is 5.75 Å². The number of phenolic OH excluding ortho intramolecular Hbond substituents is 1. The number of benzene rings is 1. The molecule has 0 aliphatic carbocycles. The summed E-state index contributed by atoms with van der Waals surface area (Å²) in [6.45, 7) is 0. The fourth-order valence-electron chi connectivity index (χ4n) is 1.32. The lowest BCUT2D eigenvalue weighted by atomic mass is 10.3. The van der Waals surface area contributed by atoms with Crippen LogP contribution in [0.3, 0.4) is 0 Å². The van der Waals surface area contributed by atoms with Crippen molar-refractivity contribution >= 4 is 5.69 Å². The first-order valence-corrected chi connectivity index (χ1v) is 4.99. The van der Waals surface area contributed by atoms with Crippen molar-refractivity contribution in [2.75, 3.05) is 12.8 Å². The smallest absolute Gasteiger partial charge is 0.277 e. The molecule has 0 spiro atoms. The number of nitrogens with one attached hydrogen (secondary N) is 1. The molecule has 18 heavy (non-hydrogen) atoms. The van der Waals surface area contributed by atoms with Crippen molar-refractivity contribution in [3.05, 3.63) is 34.9 Å². The van der Waals surface area contributed by atoms with Crippen molar-refractivity contribution in [2.45, 2.75) is 0 Å². The van der Waals surface area contributed by atoms with Gasteiger partial charge in [-0.1, -0.05) is 0 Å². The van der Waals surface area contributed by atoms with Crippen LogP contribution in [0.1, 0.15) is 0 Å². The predicted molar refractivity (Wildman–Crippen MR) is 64.0 cm³/mol. The van der Waals surface area contributed by atoms with E-state index in [-0.39, 0.29) is 23.1 Å². The highest BCUT2D eigenvalue weighted by Crippen LogP contribution is 2.30. The Hall–Kier alpha value is -2.70. The van der Waals surface area contributed by atoms with Crippen LogP contribution < -0.4 is 20.8 Å². The number of H-pyrrole nitrogens is 1. The van der Waals surface area contributed by atoms with E-state index in [0.717, 1.165) is 0 Å². The number of nitrogen functional groups attached to an aromatic ring is 1. The fraction of sp³-hybridized carbons (Fsp3) is 0.0909. The van der Waals surface area contributed by atoms with E-state index >= 15 is 0 Å². The van der Waals surface area contributed by atoms with E-state index < -0.39 is 5.56 Å². The molecule has 4 N–H and O–H groups in total. The van der Waals surface area contributed by atoms with Gasteiger partial charge in [0.15, 0.2) is 5.69 Å². The van der Waals surface area contributed by atoms with E-state index in [1.165, 1.54) is 31.6 Å². The zero-order chi connectivity index (χ0) is 13.1. The number of phenols is 1. The maximum Gasteiger partial charge on any atom is 0.277 e. The molecule has 2 aromatic rings. The van der Waals surface area contributed by atoms with Crippen molar-refractivity contribution in [3.63, 3.8) is 0 Å². The molecule has 94 valence electrons. The number of aromatic amines is 1. The maximum absolute atomic E-state index is 11.2. The Labute approximate surface area is 102 Å². The summed E-state index contributed by atoms with van der Waals surface area (Å²) in [6.07, 6.45) is 1.17. The first-order chi connectivity index (χ1) is 8.60. The topological polar surface area (TPSA) is 110 Å². The number of methoxy groups -OCH3 is 1. The van der Waals surface area contributed by atoms with Gasteiger partial charge >= 0.3 is 0 Å². The van der Waals surface area contributed by atoms with Crippen molar-refractivity contribution < 1.29 is 14.6 Å². The molecule has 0 amide bonds. The summed E-state index contributed by atoms with van der Waals surface area (Å²) in [5, 5.41) is 9.45. The molecule has 0 bridgehead atoms. The SMILES string of the molecule is COc1cc(O)cc(Oc2nc[nH]c(=O)c2N)c1. The van der Waals surface area contributed by atoms with Gasteiger partial charge in [-0.15, -0.1) is 0 Å². The van der Waals surface area contributed by atoms with Crippen molar-refractivity contribution in [1.82, 2.24) is 9.97 Å². The zero-order valence-electron chi connectivity index (χ0n) is 9.51. The zero-order valence-corrected chi connectivity index (χ0v) is 9.51. The summed E-state index contributed by atoms with van der Waals surface area (Å²) >= 11 is 0. The molecule has 1 heterocycles. The molecular formula is C11H11N3O4. The molecule has 1 aromatic carbocycles. The van der Waals surface area contributed by atoms with Crippen LogP contribution in [0.4, 0.5) is 5.69 Å². The minimum Gasteiger partial charge on any atom is -0.508 e. The summed E-state index contributed by atoms with van der Waals surface area (Å²) in [6, 6.07) is 4.30. The third kappa shape index (κ3) is 2.34. The van der Waals surface area contributed by atoms with Gasteiger partial charge in [0, 0.05) is 18.2 Å². The van der Waals surface area contributed by atoms with Gasteiger partial charge in [0.25, 0.3) is 5.56 Å². The summed E-state index contributed by atoms with van der Waals surface area (Å²) in [4.78, 5) is 17.4. The molecule has 2 rings (SSSR count). The lowest BCUT2D eigenvalue weighted by molar-refractivity contribution is 0.398. The van der Waals surface area contributed by atoms with Crippen molar-refractivity contribution in [1.29, 1.82) is 0 Å². The number of nitrogens with zero attached hydrogens (tertiary/aromatic N) is 1. The second-order valence-electron chi connectivity index (χ2n) is 3.42. The Morgan fingerprint density at radius 1 is 1.33 bits per heavy atom. The summed E-state index contributed by atoms with van der Waals surface area (Å²) in [5.41, 5.74) is 4.88. The Morgan fingerprint density at radius 2 is 2.06 bits per heavy atom. The highest BCUT2D eigenvalue weighted by atomic mass is 16.5. The van der Waals surface area contributed by atoms with E-state index in [4.69, 9.17) is 15.2 Å². The normalized spacial score (nSPS) is 10.1. The van der Waals surface area contributed by atoms with Gasteiger partial charge in [0.2, 0.25) is 5.88 Å². The molecule has 1 aromatic heterocycles. The van der Waals surface area contributed by atoms with Gasteiger partial charge in [-0.2, -0.15) is 0 Å². The molecule has 0 unspecified atom stereocenters. The van der Waals surface area contributed by atoms with Crippen molar-refractivity contribution in [3.8, 4) is 23.1 Å². The molecule has 7 nitrogen and oxygen atoms in total. The molecule has 0 atom stereocenters. The number of rotatable bonds is 3. The third-order valence-electron chi connectivity index (χ3n) is 2.17. The predicted octanol–water partition coefficient (Wildman–Crippen LogP) is 0.859. The van der Waals surface area contributed by atoms with Gasteiger partial charge in [0.1, 0.15) is 17.2 Å². The lowest BCUT2D eigenvalue weighted by Gasteiger charge is -2.08. The number of hydrogen-bond donors (Lipinski definition) is 3. The standard InChI is InChI=1S/C11H11N3O4/c1-17-7-2-6(15)3-8(4-7)18-11-9(12)10(16)13-5-14-11/h2-5,15H,12H2,1H3,(H,13,14,16). The molecule has 0 fully saturated rings. The van der Waals surface area contributed by atoms with Gasteiger partial charge in [-0.25, -0.2) is 4.98 Å².